The first-order chi connectivity index (χ1) is 7.31. The third-order valence-corrected chi connectivity index (χ3v) is 3.26. The van der Waals surface area contributed by atoms with Crippen molar-refractivity contribution in [3.8, 4) is 0 Å². The normalized spacial score (nSPS) is 32.2. The zero-order valence-corrected chi connectivity index (χ0v) is 9.15. The number of ether oxygens (including phenoxy) is 2. The number of allylic oxidation sites excluding steroid dienone is 2. The second-order valence-electron chi connectivity index (χ2n) is 4.25. The molecule has 3 atom stereocenters. The van der Waals surface area contributed by atoms with E-state index in [1.54, 1.807) is 0 Å². The van der Waals surface area contributed by atoms with Crippen molar-refractivity contribution in [1.29, 1.82) is 0 Å². The summed E-state index contributed by atoms with van der Waals surface area (Å²) in [4.78, 5) is 11.7. The molecule has 1 fully saturated rings. The van der Waals surface area contributed by atoms with E-state index in [-0.39, 0.29) is 11.9 Å². The second-order valence-corrected chi connectivity index (χ2v) is 4.25. The van der Waals surface area contributed by atoms with Gasteiger partial charge in [-0.3, -0.25) is 4.79 Å². The van der Waals surface area contributed by atoms with Gasteiger partial charge in [0.2, 0.25) is 0 Å². The third-order valence-electron chi connectivity index (χ3n) is 3.26. The lowest BCUT2D eigenvalue weighted by molar-refractivity contribution is -0.150. The molecule has 2 aliphatic rings. The van der Waals surface area contributed by atoms with Gasteiger partial charge < -0.3 is 9.47 Å². The Labute approximate surface area is 90.4 Å². The maximum Gasteiger partial charge on any atom is 0.309 e. The van der Waals surface area contributed by atoms with Crippen LogP contribution in [0.2, 0.25) is 0 Å². The van der Waals surface area contributed by atoms with Gasteiger partial charge in [-0.2, -0.15) is 0 Å². The fourth-order valence-electron chi connectivity index (χ4n) is 2.50. The van der Waals surface area contributed by atoms with Gasteiger partial charge >= 0.3 is 5.97 Å². The van der Waals surface area contributed by atoms with Crippen LogP contribution in [0.25, 0.3) is 0 Å². The smallest absolute Gasteiger partial charge is 0.309 e. The Balaban J connectivity index is 1.70. The number of esters is 1. The van der Waals surface area contributed by atoms with E-state index in [4.69, 9.17) is 9.47 Å². The Bertz CT molecular complexity index is 260. The van der Waals surface area contributed by atoms with Crippen LogP contribution in [-0.2, 0) is 14.3 Å². The summed E-state index contributed by atoms with van der Waals surface area (Å²) < 4.78 is 10.3. The van der Waals surface area contributed by atoms with Gasteiger partial charge in [-0.05, 0) is 31.6 Å². The van der Waals surface area contributed by atoms with Crippen LogP contribution in [0.5, 0.6) is 0 Å². The highest BCUT2D eigenvalue weighted by Gasteiger charge is 2.40. The van der Waals surface area contributed by atoms with Gasteiger partial charge in [0.25, 0.3) is 0 Å². The molecule has 0 aromatic rings. The molecule has 84 valence electrons. The highest BCUT2D eigenvalue weighted by Crippen LogP contribution is 2.43. The second kappa shape index (κ2) is 4.79. The van der Waals surface area contributed by atoms with Crippen molar-refractivity contribution in [2.24, 2.45) is 17.8 Å². The fraction of sp³-hybridized carbons (Fsp3) is 0.750. The van der Waals surface area contributed by atoms with E-state index in [0.29, 0.717) is 31.7 Å². The lowest BCUT2D eigenvalue weighted by atomic mass is 9.94. The van der Waals surface area contributed by atoms with Crippen molar-refractivity contribution in [2.45, 2.75) is 19.8 Å². The van der Waals surface area contributed by atoms with E-state index >= 15 is 0 Å². The molecule has 3 heteroatoms. The molecule has 0 heterocycles. The summed E-state index contributed by atoms with van der Waals surface area (Å²) in [6.07, 6.45) is 6.52. The van der Waals surface area contributed by atoms with Crippen LogP contribution in [0.15, 0.2) is 12.2 Å². The minimum Gasteiger partial charge on any atom is -0.463 e. The zero-order chi connectivity index (χ0) is 10.7. The van der Waals surface area contributed by atoms with Gasteiger partial charge in [-0.1, -0.05) is 12.2 Å². The predicted molar refractivity (Wildman–Crippen MR) is 56.3 cm³/mol. The summed E-state index contributed by atoms with van der Waals surface area (Å²) in [7, 11) is 0. The van der Waals surface area contributed by atoms with Crippen LogP contribution in [0.4, 0.5) is 0 Å². The van der Waals surface area contributed by atoms with Crippen LogP contribution in [0.1, 0.15) is 19.8 Å². The number of hydrogen-bond acceptors (Lipinski definition) is 3. The van der Waals surface area contributed by atoms with Crippen LogP contribution >= 0.6 is 0 Å². The predicted octanol–water partition coefficient (Wildman–Crippen LogP) is 1.78. The molecule has 0 aromatic carbocycles. The van der Waals surface area contributed by atoms with Gasteiger partial charge in [-0.25, -0.2) is 0 Å². The van der Waals surface area contributed by atoms with Gasteiger partial charge in [0.15, 0.2) is 0 Å². The quantitative estimate of drug-likeness (QED) is 0.394. The average molecular weight is 210 g/mol. The maximum absolute atomic E-state index is 11.7. The summed E-state index contributed by atoms with van der Waals surface area (Å²) in [6, 6.07) is 0. The van der Waals surface area contributed by atoms with Crippen molar-refractivity contribution in [3.05, 3.63) is 12.2 Å². The van der Waals surface area contributed by atoms with E-state index in [2.05, 4.69) is 12.2 Å². The molecule has 0 saturated heterocycles. The highest BCUT2D eigenvalue weighted by atomic mass is 16.6. The van der Waals surface area contributed by atoms with Crippen molar-refractivity contribution >= 4 is 5.97 Å². The van der Waals surface area contributed by atoms with E-state index in [1.807, 2.05) is 6.92 Å². The molecule has 2 aliphatic carbocycles. The highest BCUT2D eigenvalue weighted by molar-refractivity contribution is 5.74. The molecule has 0 spiro atoms. The summed E-state index contributed by atoms with van der Waals surface area (Å²) in [5.74, 6) is 1.14. The Morgan fingerprint density at radius 2 is 2.20 bits per heavy atom. The number of hydrogen-bond donors (Lipinski definition) is 0. The molecular formula is C12H18O3. The standard InChI is InChI=1S/C12H18O3/c1-2-14-5-6-15-12(13)11-8-9-3-4-10(11)7-9/h3-4,9-11H,2,5-8H2,1H3/t9-,10-,11-/m0/s1. The first kappa shape index (κ1) is 10.7. The first-order valence-corrected chi connectivity index (χ1v) is 5.74. The largest absolute Gasteiger partial charge is 0.463 e. The van der Waals surface area contributed by atoms with Crippen molar-refractivity contribution < 1.29 is 14.3 Å². The van der Waals surface area contributed by atoms with Gasteiger partial charge in [0.1, 0.15) is 6.61 Å². The molecule has 0 aliphatic heterocycles. The number of carbonyl (C=O) groups is 1. The zero-order valence-electron chi connectivity index (χ0n) is 9.15. The van der Waals surface area contributed by atoms with Crippen molar-refractivity contribution in [1.82, 2.24) is 0 Å². The third kappa shape index (κ3) is 2.40. The Morgan fingerprint density at radius 3 is 2.80 bits per heavy atom. The van der Waals surface area contributed by atoms with Crippen LogP contribution in [-0.4, -0.2) is 25.8 Å². The fourth-order valence-corrected chi connectivity index (χ4v) is 2.50. The summed E-state index contributed by atoms with van der Waals surface area (Å²) in [5.41, 5.74) is 0. The molecule has 2 bridgehead atoms. The molecule has 15 heavy (non-hydrogen) atoms. The van der Waals surface area contributed by atoms with Gasteiger partial charge in [-0.15, -0.1) is 0 Å². The van der Waals surface area contributed by atoms with Crippen LogP contribution < -0.4 is 0 Å². The molecular weight excluding hydrogens is 192 g/mol. The molecule has 0 radical (unpaired) electrons. The molecule has 2 rings (SSSR count). The Kier molecular flexibility index (Phi) is 3.41. The average Bonchev–Trinajstić information content (AvgIpc) is 2.85. The SMILES string of the molecule is CCOCCOC(=O)[C@H]1C[C@H]2C=C[C@H]1C2. The topological polar surface area (TPSA) is 35.5 Å². The first-order valence-electron chi connectivity index (χ1n) is 5.74. The Hall–Kier alpha value is -0.830. The van der Waals surface area contributed by atoms with E-state index < -0.39 is 0 Å². The summed E-state index contributed by atoms with van der Waals surface area (Å²) in [6.45, 7) is 3.51. The molecule has 1 saturated carbocycles. The van der Waals surface area contributed by atoms with Gasteiger partial charge in [0.05, 0.1) is 12.5 Å². The van der Waals surface area contributed by atoms with Crippen LogP contribution in [0.3, 0.4) is 0 Å². The molecule has 0 amide bonds. The Morgan fingerprint density at radius 1 is 1.33 bits per heavy atom. The minimum absolute atomic E-state index is 0.0356. The van der Waals surface area contributed by atoms with Crippen molar-refractivity contribution in [2.75, 3.05) is 19.8 Å². The van der Waals surface area contributed by atoms with Gasteiger partial charge in [0, 0.05) is 6.61 Å². The van der Waals surface area contributed by atoms with E-state index in [0.717, 1.165) is 12.8 Å². The molecule has 0 N–H and O–H groups in total. The maximum atomic E-state index is 11.7. The van der Waals surface area contributed by atoms with Crippen molar-refractivity contribution in [3.63, 3.8) is 0 Å². The molecule has 0 unspecified atom stereocenters. The summed E-state index contributed by atoms with van der Waals surface area (Å²) >= 11 is 0. The summed E-state index contributed by atoms with van der Waals surface area (Å²) in [5, 5.41) is 0. The lowest BCUT2D eigenvalue weighted by Crippen LogP contribution is -2.23. The molecule has 0 aromatic heterocycles. The van der Waals surface area contributed by atoms with Crippen LogP contribution in [0, 0.1) is 17.8 Å². The van der Waals surface area contributed by atoms with E-state index in [9.17, 15) is 4.79 Å². The van der Waals surface area contributed by atoms with E-state index in [1.165, 1.54) is 0 Å². The molecule has 3 nitrogen and oxygen atoms in total. The lowest BCUT2D eigenvalue weighted by Gasteiger charge is -2.16. The number of fused-ring (bicyclic) bond motifs is 2. The monoisotopic (exact) mass is 210 g/mol. The number of carbonyl (C=O) groups excluding carboxylic acids is 1. The minimum atomic E-state index is -0.0356. The number of rotatable bonds is 5.